The van der Waals surface area contributed by atoms with E-state index in [1.165, 1.54) is 0 Å². The van der Waals surface area contributed by atoms with Crippen LogP contribution in [0.1, 0.15) is 30.8 Å². The van der Waals surface area contributed by atoms with Crippen LogP contribution in [0.15, 0.2) is 30.6 Å². The van der Waals surface area contributed by atoms with Crippen molar-refractivity contribution in [2.45, 2.75) is 32.4 Å². The summed E-state index contributed by atoms with van der Waals surface area (Å²) in [5, 5.41) is 14.1. The van der Waals surface area contributed by atoms with Crippen LogP contribution in [0, 0.1) is 5.92 Å². The van der Waals surface area contributed by atoms with Gasteiger partial charge in [0, 0.05) is 18.0 Å². The molecule has 13 nitrogen and oxygen atoms in total. The quantitative estimate of drug-likeness (QED) is 0.265. The Balaban J connectivity index is 1.71. The van der Waals surface area contributed by atoms with E-state index in [9.17, 15) is 24.0 Å². The number of urea groups is 1. The van der Waals surface area contributed by atoms with Gasteiger partial charge in [-0.05, 0) is 30.5 Å². The number of ether oxygens (including phenoxy) is 1. The maximum Gasteiger partial charge on any atom is 0.330 e. The fraction of sp³-hybridized carbons (Fsp3) is 0.409. The van der Waals surface area contributed by atoms with Gasteiger partial charge in [0.1, 0.15) is 24.3 Å². The number of H-pyrrole nitrogens is 1. The van der Waals surface area contributed by atoms with Gasteiger partial charge < -0.3 is 20.3 Å². The van der Waals surface area contributed by atoms with Gasteiger partial charge in [-0.2, -0.15) is 5.10 Å². The predicted octanol–water partition coefficient (Wildman–Crippen LogP) is -0.174. The summed E-state index contributed by atoms with van der Waals surface area (Å²) >= 11 is 0. The van der Waals surface area contributed by atoms with Crippen LogP contribution in [0.2, 0.25) is 0 Å². The Morgan fingerprint density at radius 1 is 1.14 bits per heavy atom. The SMILES string of the molecule is COC(=O)C(CN1CC(=O)NC1=O)NC(=O)C(CC(C)C)NC(=O)c1cc(-c2ccncc2)n[nH]1. The summed E-state index contributed by atoms with van der Waals surface area (Å²) < 4.78 is 4.74. The van der Waals surface area contributed by atoms with Crippen molar-refractivity contribution in [2.75, 3.05) is 20.2 Å². The fourth-order valence-electron chi connectivity index (χ4n) is 3.49. The monoisotopic (exact) mass is 485 g/mol. The number of rotatable bonds is 10. The van der Waals surface area contributed by atoms with Crippen LogP contribution >= 0.6 is 0 Å². The van der Waals surface area contributed by atoms with E-state index in [1.54, 1.807) is 30.6 Å². The number of carbonyl (C=O) groups excluding carboxylic acids is 5. The molecule has 0 bridgehead atoms. The van der Waals surface area contributed by atoms with Gasteiger partial charge in [0.2, 0.25) is 11.8 Å². The van der Waals surface area contributed by atoms with E-state index in [1.807, 2.05) is 13.8 Å². The average molecular weight is 486 g/mol. The van der Waals surface area contributed by atoms with E-state index in [0.717, 1.165) is 17.6 Å². The second-order valence-electron chi connectivity index (χ2n) is 8.38. The van der Waals surface area contributed by atoms with Crippen LogP contribution < -0.4 is 16.0 Å². The Labute approximate surface area is 201 Å². The summed E-state index contributed by atoms with van der Waals surface area (Å²) in [7, 11) is 1.14. The number of esters is 1. The minimum Gasteiger partial charge on any atom is -0.467 e. The number of carbonyl (C=O) groups is 5. The van der Waals surface area contributed by atoms with Gasteiger partial charge in [0.25, 0.3) is 5.91 Å². The maximum atomic E-state index is 13.1. The normalized spacial score (nSPS) is 14.9. The zero-order chi connectivity index (χ0) is 25.5. The zero-order valence-corrected chi connectivity index (χ0v) is 19.5. The zero-order valence-electron chi connectivity index (χ0n) is 19.5. The molecule has 0 spiro atoms. The molecule has 0 saturated carbocycles. The third-order valence-electron chi connectivity index (χ3n) is 5.20. The summed E-state index contributed by atoms with van der Waals surface area (Å²) in [4.78, 5) is 66.5. The average Bonchev–Trinajstić information content (AvgIpc) is 3.44. The Kier molecular flexibility index (Phi) is 8.12. The topological polar surface area (TPSA) is 175 Å². The lowest BCUT2D eigenvalue weighted by Crippen LogP contribution is -2.55. The lowest BCUT2D eigenvalue weighted by Gasteiger charge is -2.25. The van der Waals surface area contributed by atoms with Crippen LogP contribution in [-0.2, 0) is 19.1 Å². The number of imide groups is 1. The summed E-state index contributed by atoms with van der Waals surface area (Å²) in [6.45, 7) is 3.24. The molecular weight excluding hydrogens is 458 g/mol. The molecule has 1 aliphatic rings. The summed E-state index contributed by atoms with van der Waals surface area (Å²) in [6.07, 6.45) is 3.48. The lowest BCUT2D eigenvalue weighted by molar-refractivity contribution is -0.145. The van der Waals surface area contributed by atoms with Crippen molar-refractivity contribution in [1.29, 1.82) is 0 Å². The molecule has 0 aromatic carbocycles. The number of amides is 5. The molecule has 13 heteroatoms. The largest absolute Gasteiger partial charge is 0.467 e. The Hall–Kier alpha value is -4.29. The van der Waals surface area contributed by atoms with Crippen LogP contribution in [0.4, 0.5) is 4.79 Å². The smallest absolute Gasteiger partial charge is 0.330 e. The molecule has 3 heterocycles. The number of hydrogen-bond donors (Lipinski definition) is 4. The molecule has 35 heavy (non-hydrogen) atoms. The lowest BCUT2D eigenvalue weighted by atomic mass is 10.0. The number of pyridine rings is 1. The van der Waals surface area contributed by atoms with Crippen molar-refractivity contribution in [2.24, 2.45) is 5.92 Å². The standard InChI is InChI=1S/C22H27N7O6/c1-12(2)8-15(24-20(32)16-9-14(27-28-16)13-4-6-23-7-5-13)19(31)25-17(21(33)35-3)10-29-11-18(30)26-22(29)34/h4-7,9,12,15,17H,8,10-11H2,1-3H3,(H,24,32)(H,25,31)(H,27,28)(H,26,30,34). The van der Waals surface area contributed by atoms with Crippen LogP contribution in [-0.4, -0.2) is 82.1 Å². The highest BCUT2D eigenvalue weighted by Crippen LogP contribution is 2.16. The number of aromatic amines is 1. The number of hydrogen-bond acceptors (Lipinski definition) is 8. The molecule has 0 aliphatic carbocycles. The Morgan fingerprint density at radius 2 is 1.86 bits per heavy atom. The highest BCUT2D eigenvalue weighted by Gasteiger charge is 2.34. The minimum atomic E-state index is -1.24. The highest BCUT2D eigenvalue weighted by atomic mass is 16.5. The molecule has 2 aromatic heterocycles. The van der Waals surface area contributed by atoms with Gasteiger partial charge in [-0.25, -0.2) is 9.59 Å². The molecule has 5 amide bonds. The first kappa shape index (κ1) is 25.3. The van der Waals surface area contributed by atoms with Crippen LogP contribution in [0.25, 0.3) is 11.3 Å². The van der Waals surface area contributed by atoms with Gasteiger partial charge in [-0.3, -0.25) is 29.8 Å². The Bertz CT molecular complexity index is 1100. The molecule has 3 rings (SSSR count). The third kappa shape index (κ3) is 6.62. The van der Waals surface area contributed by atoms with E-state index in [4.69, 9.17) is 4.74 Å². The molecule has 2 aromatic rings. The van der Waals surface area contributed by atoms with Crippen molar-refractivity contribution in [3.63, 3.8) is 0 Å². The predicted molar refractivity (Wildman–Crippen MR) is 122 cm³/mol. The minimum absolute atomic E-state index is 0.0266. The second kappa shape index (κ2) is 11.2. The molecule has 4 N–H and O–H groups in total. The highest BCUT2D eigenvalue weighted by molar-refractivity contribution is 6.02. The van der Waals surface area contributed by atoms with Crippen molar-refractivity contribution in [3.05, 3.63) is 36.3 Å². The molecular formula is C22H27N7O6. The first-order chi connectivity index (χ1) is 16.7. The second-order valence-corrected chi connectivity index (χ2v) is 8.38. The van der Waals surface area contributed by atoms with Gasteiger partial charge in [-0.1, -0.05) is 13.8 Å². The molecule has 1 saturated heterocycles. The van der Waals surface area contributed by atoms with Crippen LogP contribution in [0.3, 0.4) is 0 Å². The van der Waals surface area contributed by atoms with Crippen molar-refractivity contribution in [3.8, 4) is 11.3 Å². The first-order valence-electron chi connectivity index (χ1n) is 10.9. The van der Waals surface area contributed by atoms with Crippen molar-refractivity contribution < 1.29 is 28.7 Å². The molecule has 2 atom stereocenters. The van der Waals surface area contributed by atoms with Gasteiger partial charge in [0.05, 0.1) is 19.3 Å². The molecule has 186 valence electrons. The van der Waals surface area contributed by atoms with Crippen LogP contribution in [0.5, 0.6) is 0 Å². The van der Waals surface area contributed by atoms with Gasteiger partial charge in [-0.15, -0.1) is 0 Å². The molecule has 2 unspecified atom stereocenters. The maximum absolute atomic E-state index is 13.1. The number of aromatic nitrogens is 3. The summed E-state index contributed by atoms with van der Waals surface area (Å²) in [6, 6.07) is 2.14. The van der Waals surface area contributed by atoms with E-state index < -0.39 is 41.8 Å². The van der Waals surface area contributed by atoms with E-state index in [-0.39, 0.29) is 31.1 Å². The molecule has 1 fully saturated rings. The number of methoxy groups -OCH3 is 1. The Morgan fingerprint density at radius 3 is 2.46 bits per heavy atom. The first-order valence-corrected chi connectivity index (χ1v) is 10.9. The summed E-state index contributed by atoms with van der Waals surface area (Å²) in [5.74, 6) is -2.48. The van der Waals surface area contributed by atoms with Crippen molar-refractivity contribution in [1.82, 2.24) is 36.0 Å². The van der Waals surface area contributed by atoms with E-state index >= 15 is 0 Å². The molecule has 1 aliphatic heterocycles. The van der Waals surface area contributed by atoms with Crippen molar-refractivity contribution >= 4 is 29.7 Å². The number of nitrogens with one attached hydrogen (secondary N) is 4. The fourth-order valence-corrected chi connectivity index (χ4v) is 3.49. The van der Waals surface area contributed by atoms with E-state index in [0.29, 0.717) is 5.69 Å². The molecule has 0 radical (unpaired) electrons. The number of nitrogens with zero attached hydrogens (tertiary/aromatic N) is 3. The third-order valence-corrected chi connectivity index (χ3v) is 5.20. The van der Waals surface area contributed by atoms with E-state index in [2.05, 4.69) is 31.1 Å². The summed E-state index contributed by atoms with van der Waals surface area (Å²) in [5.41, 5.74) is 1.44. The van der Waals surface area contributed by atoms with Gasteiger partial charge in [0.15, 0.2) is 0 Å². The van der Waals surface area contributed by atoms with Gasteiger partial charge >= 0.3 is 12.0 Å².